The van der Waals surface area contributed by atoms with Crippen molar-refractivity contribution in [3.05, 3.63) is 37.3 Å². The fourth-order valence-corrected chi connectivity index (χ4v) is 6.88. The van der Waals surface area contributed by atoms with Gasteiger partial charge in [-0.1, -0.05) is 17.7 Å². The molecule has 2 spiro atoms. The molecule has 1 aromatic rings. The molecule has 1 N–H and O–H groups in total. The van der Waals surface area contributed by atoms with Crippen molar-refractivity contribution in [1.82, 2.24) is 9.80 Å². The maximum absolute atomic E-state index is 12.3. The molecule has 0 aromatic heterocycles. The largest absolute Gasteiger partial charge is 1.00 e. The Morgan fingerprint density at radius 2 is 1.20 bits per heavy atom. The second-order valence-electron chi connectivity index (χ2n) is 14.2. The highest BCUT2D eigenvalue weighted by atomic mass is 127. The molecule has 45 heavy (non-hydrogen) atoms. The smallest absolute Gasteiger partial charge is 0.410 e. The number of alkyl halides is 2. The zero-order chi connectivity index (χ0) is 32.4. The molecule has 0 atom stereocenters. The Balaban J connectivity index is 0.000000434. The minimum atomic E-state index is -3.73. The van der Waals surface area contributed by atoms with Gasteiger partial charge in [0.15, 0.2) is 0 Å². The first-order chi connectivity index (χ1) is 19.7. The number of ether oxygens (including phenoxy) is 2. The van der Waals surface area contributed by atoms with E-state index < -0.39 is 21.3 Å². The van der Waals surface area contributed by atoms with Gasteiger partial charge in [0.2, 0.25) is 0 Å². The van der Waals surface area contributed by atoms with Crippen LogP contribution < -0.4 is 24.0 Å². The lowest BCUT2D eigenvalue weighted by Crippen LogP contribution is -3.00. The molecule has 14 heteroatoms. The van der Waals surface area contributed by atoms with E-state index in [1.165, 1.54) is 0 Å². The van der Waals surface area contributed by atoms with Crippen molar-refractivity contribution in [1.29, 1.82) is 0 Å². The van der Waals surface area contributed by atoms with Crippen LogP contribution in [0, 0.1) is 25.2 Å². The van der Waals surface area contributed by atoms with E-state index in [9.17, 15) is 23.1 Å². The van der Waals surface area contributed by atoms with Crippen LogP contribution in [0.1, 0.15) is 72.8 Å². The molecule has 260 valence electrons. The monoisotopic (exact) mass is 806 g/mol. The number of hydrogen-bond donors (Lipinski definition) is 1. The Morgan fingerprint density at radius 3 is 1.53 bits per heavy atom. The second kappa shape index (κ2) is 15.9. The van der Waals surface area contributed by atoms with E-state index >= 15 is 0 Å². The van der Waals surface area contributed by atoms with E-state index in [0.29, 0.717) is 25.9 Å². The standard InChI is InChI=1S/C18H25NO5S.C11H19NO3.CH2Cl2.CH3.HI/c1-13-5-7-15(8-6-13)25(21,22)24-14-9-18(10-14)11-19(12-18)16(20)23-17(2,3)4;1-10(2,3)15-9(14)12-6-11(7-12)4-8(13)5-11;2-1-3;;/h5-8,14H,9-12H2,1-4H3;8,13H,4-7H2,1-3H3;1H2;1H3;1H/q;;;-1;/p-1. The molecular weight excluding hydrogens is 758 g/mol. The quantitative estimate of drug-likeness (QED) is 0.214. The van der Waals surface area contributed by atoms with Gasteiger partial charge in [-0.2, -0.15) is 8.42 Å². The molecule has 2 aliphatic carbocycles. The summed E-state index contributed by atoms with van der Waals surface area (Å²) in [5, 5.41) is 9.42. The summed E-state index contributed by atoms with van der Waals surface area (Å²) in [6.45, 7) is 15.7. The van der Waals surface area contributed by atoms with Crippen molar-refractivity contribution >= 4 is 45.5 Å². The third-order valence-electron chi connectivity index (χ3n) is 7.64. The number of aryl methyl sites for hydroxylation is 1. The molecular formula is C31H49Cl2IN2O8S-2. The SMILES string of the molecule is CC(C)(C)OC(=O)N1CC2(CC(O)C2)C1.Cc1ccc(S(=O)(=O)OC2CC3(C2)CN(C(=O)OC(C)(C)C)C3)cc1.ClCCl.[CH3-].[I-]. The van der Waals surface area contributed by atoms with Gasteiger partial charge in [-0.05, 0) is 86.3 Å². The van der Waals surface area contributed by atoms with Crippen LogP contribution in [0.2, 0.25) is 0 Å². The maximum Gasteiger partial charge on any atom is 0.410 e. The first-order valence-corrected chi connectivity index (χ1v) is 16.9. The van der Waals surface area contributed by atoms with Crippen LogP contribution in [0.15, 0.2) is 29.2 Å². The molecule has 5 rings (SSSR count). The third-order valence-corrected chi connectivity index (χ3v) is 9.01. The molecule has 0 unspecified atom stereocenters. The van der Waals surface area contributed by atoms with E-state index in [0.717, 1.165) is 31.5 Å². The van der Waals surface area contributed by atoms with E-state index in [2.05, 4.69) is 0 Å². The molecule has 2 saturated heterocycles. The van der Waals surface area contributed by atoms with Gasteiger partial charge in [-0.3, -0.25) is 4.18 Å². The van der Waals surface area contributed by atoms with Crippen LogP contribution in [0.25, 0.3) is 0 Å². The van der Waals surface area contributed by atoms with Crippen molar-refractivity contribution in [2.24, 2.45) is 10.8 Å². The second-order valence-corrected chi connectivity index (χ2v) is 16.6. The fraction of sp³-hybridized carbons (Fsp3) is 0.710. The minimum absolute atomic E-state index is 0. The third kappa shape index (κ3) is 11.8. The highest BCUT2D eigenvalue weighted by Gasteiger charge is 2.56. The van der Waals surface area contributed by atoms with Gasteiger partial charge in [0.25, 0.3) is 10.1 Å². The van der Waals surface area contributed by atoms with Gasteiger partial charge in [-0.25, -0.2) is 9.59 Å². The predicted molar refractivity (Wildman–Crippen MR) is 171 cm³/mol. The number of carbonyl (C=O) groups excluding carboxylic acids is 2. The maximum atomic E-state index is 12.3. The number of likely N-dealkylation sites (tertiary alicyclic amines) is 2. The lowest BCUT2D eigenvalue weighted by molar-refractivity contribution is -0.124. The number of aliphatic hydroxyl groups is 1. The van der Waals surface area contributed by atoms with Crippen molar-refractivity contribution in [3.63, 3.8) is 0 Å². The van der Waals surface area contributed by atoms with Crippen molar-refractivity contribution in [3.8, 4) is 0 Å². The molecule has 4 aliphatic rings. The Bertz CT molecular complexity index is 1220. The van der Waals surface area contributed by atoms with Crippen LogP contribution >= 0.6 is 23.2 Å². The summed E-state index contributed by atoms with van der Waals surface area (Å²) in [5.74, 6) is 0. The predicted octanol–water partition coefficient (Wildman–Crippen LogP) is 3.35. The zero-order valence-electron chi connectivity index (χ0n) is 27.6. The summed E-state index contributed by atoms with van der Waals surface area (Å²) >= 11 is 9.53. The van der Waals surface area contributed by atoms with Crippen molar-refractivity contribution in [2.75, 3.05) is 31.5 Å². The highest BCUT2D eigenvalue weighted by Crippen LogP contribution is 2.51. The van der Waals surface area contributed by atoms with Crippen LogP contribution in [-0.2, 0) is 23.8 Å². The Morgan fingerprint density at radius 1 is 0.844 bits per heavy atom. The normalized spacial score (nSPS) is 21.0. The number of aliphatic hydroxyl groups excluding tert-OH is 1. The fourth-order valence-electron chi connectivity index (χ4n) is 5.81. The topological polar surface area (TPSA) is 123 Å². The summed E-state index contributed by atoms with van der Waals surface area (Å²) in [4.78, 5) is 27.1. The lowest BCUT2D eigenvalue weighted by Gasteiger charge is -2.57. The number of halogens is 3. The first kappa shape index (κ1) is 42.0. The molecule has 4 fully saturated rings. The average Bonchev–Trinajstić information content (AvgIpc) is 2.74. The number of benzene rings is 1. The number of nitrogens with zero attached hydrogens (tertiary/aromatic N) is 2. The van der Waals surface area contributed by atoms with E-state index in [-0.39, 0.29) is 76.9 Å². The van der Waals surface area contributed by atoms with E-state index in [1.807, 2.05) is 48.5 Å². The molecule has 2 amide bonds. The molecule has 10 nitrogen and oxygen atoms in total. The molecule has 1 aromatic carbocycles. The van der Waals surface area contributed by atoms with Gasteiger partial charge in [-0.15, -0.1) is 23.2 Å². The molecule has 0 radical (unpaired) electrons. The van der Waals surface area contributed by atoms with Crippen molar-refractivity contribution in [2.45, 2.75) is 102 Å². The number of hydrogen-bond acceptors (Lipinski definition) is 8. The summed E-state index contributed by atoms with van der Waals surface area (Å²) in [5.41, 5.74) is 0.283. The number of carbonyl (C=O) groups is 2. The summed E-state index contributed by atoms with van der Waals surface area (Å²) in [7, 11) is -3.73. The lowest BCUT2D eigenvalue weighted by atomic mass is 9.62. The molecule has 2 saturated carbocycles. The Labute approximate surface area is 296 Å². The van der Waals surface area contributed by atoms with Gasteiger partial charge in [0, 0.05) is 37.0 Å². The summed E-state index contributed by atoms with van der Waals surface area (Å²) < 4.78 is 40.5. The number of amides is 2. The average molecular weight is 808 g/mol. The molecule has 0 bridgehead atoms. The number of rotatable bonds is 3. The van der Waals surface area contributed by atoms with E-state index in [1.54, 1.807) is 34.1 Å². The van der Waals surface area contributed by atoms with Crippen molar-refractivity contribution < 1.29 is 60.7 Å². The van der Waals surface area contributed by atoms with Crippen LogP contribution in [0.4, 0.5) is 9.59 Å². The highest BCUT2D eigenvalue weighted by molar-refractivity contribution is 7.86. The van der Waals surface area contributed by atoms with E-state index in [4.69, 9.17) is 36.9 Å². The molecule has 2 aliphatic heterocycles. The first-order valence-electron chi connectivity index (χ1n) is 14.5. The zero-order valence-corrected chi connectivity index (χ0v) is 32.1. The van der Waals surface area contributed by atoms with Gasteiger partial charge in [0.05, 0.1) is 22.4 Å². The Hall–Kier alpha value is -1.06. The minimum Gasteiger partial charge on any atom is -1.00 e. The van der Waals surface area contributed by atoms with Crippen LogP contribution in [0.5, 0.6) is 0 Å². The van der Waals surface area contributed by atoms with Gasteiger partial charge >= 0.3 is 12.2 Å². The molecule has 2 heterocycles. The Kier molecular flexibility index (Phi) is 14.8. The van der Waals surface area contributed by atoms with Crippen LogP contribution in [0.3, 0.4) is 0 Å². The van der Waals surface area contributed by atoms with Gasteiger partial charge < -0.3 is 55.8 Å². The van der Waals surface area contributed by atoms with Crippen LogP contribution in [-0.4, -0.2) is 90.4 Å². The summed E-state index contributed by atoms with van der Waals surface area (Å²) in [6, 6.07) is 6.63. The van der Waals surface area contributed by atoms with Gasteiger partial charge in [0.1, 0.15) is 11.2 Å². The summed E-state index contributed by atoms with van der Waals surface area (Å²) in [6.07, 6.45) is 1.98.